The van der Waals surface area contributed by atoms with Crippen molar-refractivity contribution in [3.63, 3.8) is 0 Å². The van der Waals surface area contributed by atoms with Crippen molar-refractivity contribution in [2.24, 2.45) is 0 Å². The Balaban J connectivity index is 2.57. The third kappa shape index (κ3) is 1.56. The predicted octanol–water partition coefficient (Wildman–Crippen LogP) is 2.97. The van der Waals surface area contributed by atoms with Crippen molar-refractivity contribution in [2.75, 3.05) is 5.73 Å². The van der Waals surface area contributed by atoms with E-state index in [9.17, 15) is 0 Å². The number of rotatable bonds is 1. The highest BCUT2D eigenvalue weighted by Crippen LogP contribution is 2.32. The highest BCUT2D eigenvalue weighted by atomic mass is 35.5. The lowest BCUT2D eigenvalue weighted by Gasteiger charge is -2.03. The summed E-state index contributed by atoms with van der Waals surface area (Å²) in [6.45, 7) is 0. The summed E-state index contributed by atoms with van der Waals surface area (Å²) >= 11 is 11.8. The van der Waals surface area contributed by atoms with Gasteiger partial charge in [-0.25, -0.2) is 4.98 Å². The Bertz CT molecular complexity index is 428. The van der Waals surface area contributed by atoms with Gasteiger partial charge in [-0.3, -0.25) is 0 Å². The van der Waals surface area contributed by atoms with Gasteiger partial charge in [0.05, 0.1) is 15.7 Å². The predicted molar refractivity (Wildman–Crippen MR) is 58.5 cm³/mol. The van der Waals surface area contributed by atoms with Crippen molar-refractivity contribution < 1.29 is 0 Å². The number of hydrogen-bond acceptors (Lipinski definition) is 2. The number of halogens is 2. The number of aromatic amines is 1. The van der Waals surface area contributed by atoms with E-state index in [-0.39, 0.29) is 0 Å². The highest BCUT2D eigenvalue weighted by molar-refractivity contribution is 6.39. The van der Waals surface area contributed by atoms with Gasteiger partial charge in [0.25, 0.3) is 0 Å². The van der Waals surface area contributed by atoms with Crippen LogP contribution in [0, 0.1) is 0 Å². The molecule has 1 aromatic heterocycles. The Labute approximate surface area is 90.9 Å². The molecule has 1 heterocycles. The summed E-state index contributed by atoms with van der Waals surface area (Å²) in [6, 6.07) is 3.45. The molecule has 0 fully saturated rings. The normalized spacial score (nSPS) is 10.4. The lowest BCUT2D eigenvalue weighted by atomic mass is 10.2. The number of H-pyrrole nitrogens is 1. The number of nitrogens with zero attached hydrogens (tertiary/aromatic N) is 1. The standard InChI is InChI=1S/C9H7Cl2N3/c10-6-3-5(4-7(11)8(6)12)9-13-1-2-14-9/h1-4H,12H2,(H,13,14). The van der Waals surface area contributed by atoms with Crippen LogP contribution in [0.5, 0.6) is 0 Å². The second-order valence-electron chi connectivity index (χ2n) is 2.79. The number of imidazole rings is 1. The molecule has 0 unspecified atom stereocenters. The second kappa shape index (κ2) is 3.52. The van der Waals surface area contributed by atoms with Gasteiger partial charge in [0, 0.05) is 18.0 Å². The largest absolute Gasteiger partial charge is 0.396 e. The molecule has 0 saturated heterocycles. The average molecular weight is 228 g/mol. The number of benzene rings is 1. The molecule has 2 aromatic rings. The lowest BCUT2D eigenvalue weighted by Crippen LogP contribution is -1.89. The van der Waals surface area contributed by atoms with Gasteiger partial charge in [0.2, 0.25) is 0 Å². The molecule has 3 nitrogen and oxygen atoms in total. The minimum absolute atomic E-state index is 0.392. The van der Waals surface area contributed by atoms with Crippen LogP contribution < -0.4 is 5.73 Å². The molecule has 14 heavy (non-hydrogen) atoms. The van der Waals surface area contributed by atoms with E-state index in [1.807, 2.05) is 0 Å². The van der Waals surface area contributed by atoms with Gasteiger partial charge in [-0.1, -0.05) is 23.2 Å². The molecule has 0 aliphatic rings. The highest BCUT2D eigenvalue weighted by Gasteiger charge is 2.07. The van der Waals surface area contributed by atoms with Crippen LogP contribution in [0.15, 0.2) is 24.5 Å². The molecule has 0 aliphatic heterocycles. The van der Waals surface area contributed by atoms with E-state index in [2.05, 4.69) is 9.97 Å². The molecule has 3 N–H and O–H groups in total. The fourth-order valence-electron chi connectivity index (χ4n) is 1.14. The lowest BCUT2D eigenvalue weighted by molar-refractivity contribution is 1.31. The fourth-order valence-corrected chi connectivity index (χ4v) is 1.63. The summed E-state index contributed by atoms with van der Waals surface area (Å²) in [5.74, 6) is 0.716. The molecule has 72 valence electrons. The zero-order valence-electron chi connectivity index (χ0n) is 7.09. The van der Waals surface area contributed by atoms with E-state index in [0.29, 0.717) is 21.6 Å². The molecule has 0 bridgehead atoms. The Morgan fingerprint density at radius 3 is 2.36 bits per heavy atom. The molecule has 0 saturated carbocycles. The summed E-state index contributed by atoms with van der Waals surface area (Å²) in [6.07, 6.45) is 3.39. The Morgan fingerprint density at radius 1 is 1.21 bits per heavy atom. The maximum Gasteiger partial charge on any atom is 0.137 e. The zero-order chi connectivity index (χ0) is 10.1. The number of anilines is 1. The van der Waals surface area contributed by atoms with Crippen LogP contribution in [0.4, 0.5) is 5.69 Å². The zero-order valence-corrected chi connectivity index (χ0v) is 8.60. The van der Waals surface area contributed by atoms with E-state index < -0.39 is 0 Å². The Kier molecular flexibility index (Phi) is 2.35. The van der Waals surface area contributed by atoms with E-state index in [4.69, 9.17) is 28.9 Å². The first-order chi connectivity index (χ1) is 6.68. The molecule has 5 heteroatoms. The van der Waals surface area contributed by atoms with Gasteiger partial charge in [0.15, 0.2) is 0 Å². The average Bonchev–Trinajstić information content (AvgIpc) is 2.66. The van der Waals surface area contributed by atoms with Crippen LogP contribution in [0.3, 0.4) is 0 Å². The molecule has 0 spiro atoms. The maximum atomic E-state index is 5.88. The molecular weight excluding hydrogens is 221 g/mol. The summed E-state index contributed by atoms with van der Waals surface area (Å²) in [7, 11) is 0. The van der Waals surface area contributed by atoms with E-state index in [0.717, 1.165) is 5.56 Å². The smallest absolute Gasteiger partial charge is 0.137 e. The topological polar surface area (TPSA) is 54.7 Å². The second-order valence-corrected chi connectivity index (χ2v) is 3.61. The molecule has 0 amide bonds. The van der Waals surface area contributed by atoms with E-state index in [1.165, 1.54) is 0 Å². The first-order valence-corrected chi connectivity index (χ1v) is 4.68. The third-order valence-corrected chi connectivity index (χ3v) is 2.48. The molecular formula is C9H7Cl2N3. The first kappa shape index (κ1) is 9.37. The van der Waals surface area contributed by atoms with Gasteiger partial charge in [-0.15, -0.1) is 0 Å². The van der Waals surface area contributed by atoms with Crippen molar-refractivity contribution in [1.82, 2.24) is 9.97 Å². The summed E-state index contributed by atoms with van der Waals surface area (Å²) < 4.78 is 0. The van der Waals surface area contributed by atoms with Gasteiger partial charge >= 0.3 is 0 Å². The van der Waals surface area contributed by atoms with Crippen molar-refractivity contribution in [2.45, 2.75) is 0 Å². The van der Waals surface area contributed by atoms with Crippen LogP contribution in [-0.2, 0) is 0 Å². The molecule has 0 atom stereocenters. The van der Waals surface area contributed by atoms with Crippen LogP contribution in [0.2, 0.25) is 10.0 Å². The van der Waals surface area contributed by atoms with Gasteiger partial charge < -0.3 is 10.7 Å². The molecule has 0 aliphatic carbocycles. The van der Waals surface area contributed by atoms with Gasteiger partial charge in [-0.2, -0.15) is 0 Å². The third-order valence-electron chi connectivity index (χ3n) is 1.85. The number of nitrogens with one attached hydrogen (secondary N) is 1. The number of nitrogen functional groups attached to an aromatic ring is 1. The van der Waals surface area contributed by atoms with Gasteiger partial charge in [-0.05, 0) is 12.1 Å². The minimum Gasteiger partial charge on any atom is -0.396 e. The van der Waals surface area contributed by atoms with Crippen LogP contribution in [0.1, 0.15) is 0 Å². The number of nitrogens with two attached hydrogens (primary N) is 1. The number of aromatic nitrogens is 2. The summed E-state index contributed by atoms with van der Waals surface area (Å²) in [4.78, 5) is 7.04. The van der Waals surface area contributed by atoms with Gasteiger partial charge in [0.1, 0.15) is 5.82 Å². The fraction of sp³-hybridized carbons (Fsp3) is 0. The Hall–Kier alpha value is -1.19. The van der Waals surface area contributed by atoms with Crippen LogP contribution >= 0.6 is 23.2 Å². The van der Waals surface area contributed by atoms with Crippen molar-refractivity contribution >= 4 is 28.9 Å². The van der Waals surface area contributed by atoms with E-state index >= 15 is 0 Å². The SMILES string of the molecule is Nc1c(Cl)cc(-c2ncc[nH]2)cc1Cl. The monoisotopic (exact) mass is 227 g/mol. The summed E-state index contributed by atoms with van der Waals surface area (Å²) in [5, 5.41) is 0.868. The van der Waals surface area contributed by atoms with Crippen LogP contribution in [0.25, 0.3) is 11.4 Å². The van der Waals surface area contributed by atoms with Crippen molar-refractivity contribution in [3.8, 4) is 11.4 Å². The van der Waals surface area contributed by atoms with Crippen molar-refractivity contribution in [3.05, 3.63) is 34.6 Å². The summed E-state index contributed by atoms with van der Waals surface area (Å²) in [5.41, 5.74) is 6.82. The molecule has 1 aromatic carbocycles. The Morgan fingerprint density at radius 2 is 1.86 bits per heavy atom. The number of hydrogen-bond donors (Lipinski definition) is 2. The van der Waals surface area contributed by atoms with E-state index in [1.54, 1.807) is 24.5 Å². The minimum atomic E-state index is 0.392. The molecule has 2 rings (SSSR count). The van der Waals surface area contributed by atoms with Crippen molar-refractivity contribution in [1.29, 1.82) is 0 Å². The maximum absolute atomic E-state index is 5.88. The van der Waals surface area contributed by atoms with Crippen LogP contribution in [-0.4, -0.2) is 9.97 Å². The molecule has 0 radical (unpaired) electrons. The quantitative estimate of drug-likeness (QED) is 0.737. The first-order valence-electron chi connectivity index (χ1n) is 3.93.